The molecule has 0 spiro atoms. The van der Waals surface area contributed by atoms with Gasteiger partial charge in [-0.2, -0.15) is 0 Å². The van der Waals surface area contributed by atoms with Crippen LogP contribution in [0.3, 0.4) is 0 Å². The van der Waals surface area contributed by atoms with E-state index in [0.717, 1.165) is 12.8 Å². The van der Waals surface area contributed by atoms with E-state index in [1.54, 1.807) is 14.1 Å². The van der Waals surface area contributed by atoms with Crippen molar-refractivity contribution in [2.24, 2.45) is 0 Å². The number of carbonyl (C=O) groups is 2. The number of alkyl halides is 1. The summed E-state index contributed by atoms with van der Waals surface area (Å²) in [5, 5.41) is 2.70. The van der Waals surface area contributed by atoms with Crippen LogP contribution in [0.4, 0.5) is 0 Å². The van der Waals surface area contributed by atoms with Crippen molar-refractivity contribution in [3.63, 3.8) is 0 Å². The minimum absolute atomic E-state index is 0.00771. The molecule has 5 heteroatoms. The largest absolute Gasteiger partial charge is 0.356 e. The van der Waals surface area contributed by atoms with Crippen LogP contribution in [-0.4, -0.2) is 43.2 Å². The van der Waals surface area contributed by atoms with Crippen molar-refractivity contribution in [3.05, 3.63) is 0 Å². The van der Waals surface area contributed by atoms with Crippen molar-refractivity contribution in [2.75, 3.05) is 26.5 Å². The highest BCUT2D eigenvalue weighted by atomic mass is 35.5. The molecule has 0 rings (SSSR count). The fourth-order valence-corrected chi connectivity index (χ4v) is 1.19. The Balaban J connectivity index is 3.42. The van der Waals surface area contributed by atoms with E-state index >= 15 is 0 Å². The number of amides is 2. The standard InChI is InChI=1S/C10H19ClN2O2/c1-13(2)10(15)6-8-12-9(14)5-3-4-7-11/h3-8H2,1-2H3,(H,12,14). The van der Waals surface area contributed by atoms with E-state index in [1.807, 2.05) is 0 Å². The molecule has 0 aliphatic rings. The highest BCUT2D eigenvalue weighted by Crippen LogP contribution is 1.96. The molecule has 0 saturated carbocycles. The summed E-state index contributed by atoms with van der Waals surface area (Å²) in [6.45, 7) is 0.413. The number of hydrogen-bond donors (Lipinski definition) is 1. The lowest BCUT2D eigenvalue weighted by Crippen LogP contribution is -2.30. The molecule has 0 aliphatic heterocycles. The monoisotopic (exact) mass is 234 g/mol. The molecule has 0 heterocycles. The van der Waals surface area contributed by atoms with Crippen molar-refractivity contribution in [1.29, 1.82) is 0 Å². The van der Waals surface area contributed by atoms with Gasteiger partial charge < -0.3 is 10.2 Å². The van der Waals surface area contributed by atoms with Gasteiger partial charge in [0.2, 0.25) is 11.8 Å². The van der Waals surface area contributed by atoms with Crippen LogP contribution in [0.5, 0.6) is 0 Å². The average Bonchev–Trinajstić information content (AvgIpc) is 2.18. The van der Waals surface area contributed by atoms with Gasteiger partial charge in [-0.25, -0.2) is 0 Å². The number of hydrogen-bond acceptors (Lipinski definition) is 2. The van der Waals surface area contributed by atoms with Crippen LogP contribution in [-0.2, 0) is 9.59 Å². The van der Waals surface area contributed by atoms with Crippen LogP contribution < -0.4 is 5.32 Å². The molecule has 0 unspecified atom stereocenters. The van der Waals surface area contributed by atoms with Crippen molar-refractivity contribution in [2.45, 2.75) is 25.7 Å². The summed E-state index contributed by atoms with van der Waals surface area (Å²) in [7, 11) is 3.40. The third-order valence-electron chi connectivity index (χ3n) is 1.95. The fourth-order valence-electron chi connectivity index (χ4n) is 1.00. The smallest absolute Gasteiger partial charge is 0.223 e. The Hall–Kier alpha value is -0.770. The van der Waals surface area contributed by atoms with Crippen LogP contribution in [0.1, 0.15) is 25.7 Å². The van der Waals surface area contributed by atoms with Gasteiger partial charge in [0, 0.05) is 39.4 Å². The van der Waals surface area contributed by atoms with Gasteiger partial charge in [0.1, 0.15) is 0 Å². The molecule has 1 N–H and O–H groups in total. The first-order chi connectivity index (χ1) is 7.07. The molecule has 0 bridgehead atoms. The van der Waals surface area contributed by atoms with Crippen LogP contribution in [0.15, 0.2) is 0 Å². The molecule has 0 aliphatic carbocycles. The Morgan fingerprint density at radius 3 is 2.40 bits per heavy atom. The summed E-state index contributed by atoms with van der Waals surface area (Å²) >= 11 is 5.48. The predicted molar refractivity (Wildman–Crippen MR) is 60.9 cm³/mol. The first-order valence-electron chi connectivity index (χ1n) is 5.10. The van der Waals surface area contributed by atoms with Gasteiger partial charge in [-0.05, 0) is 12.8 Å². The Labute approximate surface area is 96.0 Å². The summed E-state index contributed by atoms with van der Waals surface area (Å²) in [6.07, 6.45) is 2.50. The highest BCUT2D eigenvalue weighted by molar-refractivity contribution is 6.17. The summed E-state index contributed by atoms with van der Waals surface area (Å²) < 4.78 is 0. The number of halogens is 1. The number of carbonyl (C=O) groups excluding carboxylic acids is 2. The average molecular weight is 235 g/mol. The van der Waals surface area contributed by atoms with E-state index in [1.165, 1.54) is 4.90 Å². The van der Waals surface area contributed by atoms with Crippen molar-refractivity contribution in [1.82, 2.24) is 10.2 Å². The number of unbranched alkanes of at least 4 members (excludes halogenated alkanes) is 1. The van der Waals surface area contributed by atoms with Crippen LogP contribution >= 0.6 is 11.6 Å². The third-order valence-corrected chi connectivity index (χ3v) is 2.21. The van der Waals surface area contributed by atoms with E-state index in [9.17, 15) is 9.59 Å². The molecule has 0 saturated heterocycles. The zero-order chi connectivity index (χ0) is 11.7. The van der Waals surface area contributed by atoms with Gasteiger partial charge in [0.25, 0.3) is 0 Å². The molecule has 0 aromatic carbocycles. The summed E-state index contributed by atoms with van der Waals surface area (Å²) in [6, 6.07) is 0. The second kappa shape index (κ2) is 8.53. The number of rotatable bonds is 7. The third kappa shape index (κ3) is 8.24. The Morgan fingerprint density at radius 1 is 1.20 bits per heavy atom. The fraction of sp³-hybridized carbons (Fsp3) is 0.800. The van der Waals surface area contributed by atoms with E-state index in [4.69, 9.17) is 11.6 Å². The Kier molecular flexibility index (Phi) is 8.09. The number of nitrogens with one attached hydrogen (secondary N) is 1. The minimum Gasteiger partial charge on any atom is -0.356 e. The van der Waals surface area contributed by atoms with Gasteiger partial charge in [-0.15, -0.1) is 11.6 Å². The van der Waals surface area contributed by atoms with E-state index in [2.05, 4.69) is 5.32 Å². The predicted octanol–water partition coefficient (Wildman–Crippen LogP) is 0.990. The quantitative estimate of drug-likeness (QED) is 0.528. The molecule has 88 valence electrons. The van der Waals surface area contributed by atoms with Crippen LogP contribution in [0.2, 0.25) is 0 Å². The van der Waals surface area contributed by atoms with Crippen molar-refractivity contribution in [3.8, 4) is 0 Å². The number of nitrogens with zero attached hydrogens (tertiary/aromatic N) is 1. The molecule has 0 aromatic rings. The Bertz CT molecular complexity index is 208. The molecular weight excluding hydrogens is 216 g/mol. The molecule has 0 atom stereocenters. The van der Waals surface area contributed by atoms with Gasteiger partial charge in [0.05, 0.1) is 0 Å². The van der Waals surface area contributed by atoms with Crippen molar-refractivity contribution >= 4 is 23.4 Å². The second-order valence-electron chi connectivity index (χ2n) is 3.53. The molecular formula is C10H19ClN2O2. The maximum Gasteiger partial charge on any atom is 0.223 e. The second-order valence-corrected chi connectivity index (χ2v) is 3.91. The van der Waals surface area contributed by atoms with Crippen LogP contribution in [0, 0.1) is 0 Å². The van der Waals surface area contributed by atoms with Gasteiger partial charge in [0.15, 0.2) is 0 Å². The van der Waals surface area contributed by atoms with Crippen molar-refractivity contribution < 1.29 is 9.59 Å². The normalized spacial score (nSPS) is 9.80. The molecule has 0 radical (unpaired) electrons. The maximum atomic E-state index is 11.2. The molecule has 15 heavy (non-hydrogen) atoms. The lowest BCUT2D eigenvalue weighted by Gasteiger charge is -2.10. The van der Waals surface area contributed by atoms with Gasteiger partial charge in [-0.3, -0.25) is 9.59 Å². The molecule has 0 fully saturated rings. The SMILES string of the molecule is CN(C)C(=O)CCNC(=O)CCCCCl. The first-order valence-corrected chi connectivity index (χ1v) is 5.64. The minimum atomic E-state index is -0.00771. The molecule has 4 nitrogen and oxygen atoms in total. The van der Waals surface area contributed by atoms with E-state index in [0.29, 0.717) is 25.3 Å². The highest BCUT2D eigenvalue weighted by Gasteiger charge is 2.05. The summed E-state index contributed by atoms with van der Waals surface area (Å²) in [4.78, 5) is 23.8. The topological polar surface area (TPSA) is 49.4 Å². The molecule has 2 amide bonds. The molecule has 0 aromatic heterocycles. The summed E-state index contributed by atoms with van der Waals surface area (Å²) in [5.74, 6) is 0.606. The van der Waals surface area contributed by atoms with Gasteiger partial charge >= 0.3 is 0 Å². The van der Waals surface area contributed by atoms with Crippen LogP contribution in [0.25, 0.3) is 0 Å². The first kappa shape index (κ1) is 14.2. The Morgan fingerprint density at radius 2 is 1.87 bits per heavy atom. The lowest BCUT2D eigenvalue weighted by molar-refractivity contribution is -0.128. The lowest BCUT2D eigenvalue weighted by atomic mass is 10.2. The maximum absolute atomic E-state index is 11.2. The van der Waals surface area contributed by atoms with Gasteiger partial charge in [-0.1, -0.05) is 0 Å². The van der Waals surface area contributed by atoms with E-state index in [-0.39, 0.29) is 11.8 Å². The summed E-state index contributed by atoms with van der Waals surface area (Å²) in [5.41, 5.74) is 0. The van der Waals surface area contributed by atoms with E-state index < -0.39 is 0 Å². The zero-order valence-corrected chi connectivity index (χ0v) is 10.1. The zero-order valence-electron chi connectivity index (χ0n) is 9.38.